The number of unbranched alkanes of at least 4 members (excludes halogenated alkanes) is 1. The maximum Gasteiger partial charge on any atom is 0.246 e. The summed E-state index contributed by atoms with van der Waals surface area (Å²) in [5.74, 6) is 2.44. The van der Waals surface area contributed by atoms with Crippen molar-refractivity contribution >= 4 is 17.6 Å². The van der Waals surface area contributed by atoms with E-state index < -0.39 is 0 Å². The Kier molecular flexibility index (Phi) is 6.27. The van der Waals surface area contributed by atoms with Gasteiger partial charge in [-0.25, -0.2) is 4.99 Å². The summed E-state index contributed by atoms with van der Waals surface area (Å²) in [4.78, 5) is 21.2. The fraction of sp³-hybridized carbons (Fsp3) is 0.611. The predicted octanol–water partition coefficient (Wildman–Crippen LogP) is 0.452. The van der Waals surface area contributed by atoms with Gasteiger partial charge in [0.2, 0.25) is 5.91 Å². The van der Waals surface area contributed by atoms with Crippen LogP contribution in [0.25, 0.3) is 0 Å². The third kappa shape index (κ3) is 4.49. The molecular weight excluding hydrogens is 358 g/mol. The van der Waals surface area contributed by atoms with Gasteiger partial charge in [0.25, 0.3) is 0 Å². The van der Waals surface area contributed by atoms with Crippen LogP contribution in [-0.2, 0) is 25.4 Å². The van der Waals surface area contributed by atoms with E-state index >= 15 is 0 Å². The molecule has 0 aliphatic carbocycles. The minimum atomic E-state index is 0.0405. The smallest absolute Gasteiger partial charge is 0.246 e. The first-order valence-corrected chi connectivity index (χ1v) is 9.66. The molecule has 1 aliphatic rings. The van der Waals surface area contributed by atoms with Gasteiger partial charge in [-0.2, -0.15) is 5.10 Å². The second kappa shape index (κ2) is 8.85. The minimum Gasteiger partial charge on any atom is -0.356 e. The van der Waals surface area contributed by atoms with E-state index in [0.29, 0.717) is 19.6 Å². The summed E-state index contributed by atoms with van der Waals surface area (Å²) in [5.41, 5.74) is 0.833. The fourth-order valence-electron chi connectivity index (χ4n) is 3.05. The molecule has 1 saturated heterocycles. The van der Waals surface area contributed by atoms with Gasteiger partial charge >= 0.3 is 0 Å². The summed E-state index contributed by atoms with van der Waals surface area (Å²) in [6.45, 7) is 6.89. The molecule has 10 heteroatoms. The molecule has 3 heterocycles. The SMILES string of the molecule is CCCCNC(=NCc1nnc(C)n1C)N1CCN(c2cnn(C)c2)C(=O)C1. The van der Waals surface area contributed by atoms with Crippen LogP contribution in [0.5, 0.6) is 0 Å². The lowest BCUT2D eigenvalue weighted by Crippen LogP contribution is -2.55. The maximum absolute atomic E-state index is 12.7. The Hall–Kier alpha value is -2.91. The molecule has 0 saturated carbocycles. The maximum atomic E-state index is 12.7. The topological polar surface area (TPSA) is 96.5 Å². The summed E-state index contributed by atoms with van der Waals surface area (Å²) in [7, 11) is 3.78. The molecule has 0 radical (unpaired) electrons. The Morgan fingerprint density at radius 1 is 1.29 bits per heavy atom. The van der Waals surface area contributed by atoms with E-state index in [2.05, 4.69) is 27.5 Å². The third-order valence-electron chi connectivity index (χ3n) is 4.89. The van der Waals surface area contributed by atoms with Crippen molar-refractivity contribution < 1.29 is 4.79 Å². The Bertz CT molecular complexity index is 838. The van der Waals surface area contributed by atoms with Gasteiger partial charge in [-0.05, 0) is 13.3 Å². The van der Waals surface area contributed by atoms with Gasteiger partial charge in [0.15, 0.2) is 11.8 Å². The molecule has 1 N–H and O–H groups in total. The number of aryl methyl sites for hydroxylation is 2. The minimum absolute atomic E-state index is 0.0405. The lowest BCUT2D eigenvalue weighted by molar-refractivity contribution is -0.120. The van der Waals surface area contributed by atoms with E-state index in [0.717, 1.165) is 42.7 Å². The Labute approximate surface area is 165 Å². The lowest BCUT2D eigenvalue weighted by atomic mass is 10.3. The van der Waals surface area contributed by atoms with Gasteiger partial charge in [-0.1, -0.05) is 13.3 Å². The van der Waals surface area contributed by atoms with E-state index in [1.54, 1.807) is 15.8 Å². The monoisotopic (exact) mass is 387 g/mol. The average molecular weight is 387 g/mol. The highest BCUT2D eigenvalue weighted by molar-refractivity contribution is 5.98. The van der Waals surface area contributed by atoms with Gasteiger partial charge in [0.1, 0.15) is 18.9 Å². The van der Waals surface area contributed by atoms with Crippen molar-refractivity contribution in [2.24, 2.45) is 19.1 Å². The fourth-order valence-corrected chi connectivity index (χ4v) is 3.05. The van der Waals surface area contributed by atoms with Crippen LogP contribution in [0.2, 0.25) is 0 Å². The van der Waals surface area contributed by atoms with Gasteiger partial charge < -0.3 is 19.7 Å². The number of nitrogens with zero attached hydrogens (tertiary/aromatic N) is 8. The molecule has 0 spiro atoms. The molecule has 1 aliphatic heterocycles. The number of piperazine rings is 1. The Morgan fingerprint density at radius 3 is 2.71 bits per heavy atom. The highest BCUT2D eigenvalue weighted by atomic mass is 16.2. The Morgan fingerprint density at radius 2 is 2.11 bits per heavy atom. The molecule has 2 aromatic rings. The van der Waals surface area contributed by atoms with E-state index in [1.165, 1.54) is 0 Å². The highest BCUT2D eigenvalue weighted by Gasteiger charge is 2.27. The van der Waals surface area contributed by atoms with Crippen molar-refractivity contribution in [2.45, 2.75) is 33.2 Å². The molecule has 3 rings (SSSR count). The molecule has 10 nitrogen and oxygen atoms in total. The van der Waals surface area contributed by atoms with Gasteiger partial charge in [-0.15, -0.1) is 10.2 Å². The summed E-state index contributed by atoms with van der Waals surface area (Å²) in [5, 5.41) is 15.8. The first-order valence-electron chi connectivity index (χ1n) is 9.66. The Balaban J connectivity index is 1.70. The van der Waals surface area contributed by atoms with Crippen LogP contribution < -0.4 is 10.2 Å². The number of amides is 1. The number of aliphatic imine (C=N–C) groups is 1. The van der Waals surface area contributed by atoms with Gasteiger partial charge in [-0.3, -0.25) is 9.48 Å². The average Bonchev–Trinajstić information content (AvgIpc) is 3.24. The van der Waals surface area contributed by atoms with E-state index in [-0.39, 0.29) is 12.5 Å². The van der Waals surface area contributed by atoms with Crippen LogP contribution in [0, 0.1) is 6.92 Å². The number of anilines is 1. The van der Waals surface area contributed by atoms with Crippen molar-refractivity contribution in [3.8, 4) is 0 Å². The van der Waals surface area contributed by atoms with Crippen LogP contribution in [0.15, 0.2) is 17.4 Å². The number of hydrogen-bond acceptors (Lipinski definition) is 5. The number of carbonyl (C=O) groups excluding carboxylic acids is 1. The van der Waals surface area contributed by atoms with Crippen LogP contribution >= 0.6 is 0 Å². The molecule has 152 valence electrons. The number of aromatic nitrogens is 5. The zero-order valence-corrected chi connectivity index (χ0v) is 17.1. The van der Waals surface area contributed by atoms with Crippen LogP contribution in [0.3, 0.4) is 0 Å². The highest BCUT2D eigenvalue weighted by Crippen LogP contribution is 2.16. The second-order valence-electron chi connectivity index (χ2n) is 6.98. The summed E-state index contributed by atoms with van der Waals surface area (Å²) in [6, 6.07) is 0. The molecule has 1 fully saturated rings. The number of hydrogen-bond donors (Lipinski definition) is 1. The largest absolute Gasteiger partial charge is 0.356 e. The van der Waals surface area contributed by atoms with Crippen LogP contribution in [-0.4, -0.2) is 67.5 Å². The van der Waals surface area contributed by atoms with E-state index in [1.807, 2.05) is 36.7 Å². The first kappa shape index (κ1) is 19.8. The molecular formula is C18H29N9O. The van der Waals surface area contributed by atoms with E-state index in [4.69, 9.17) is 4.99 Å². The molecule has 0 unspecified atom stereocenters. The summed E-state index contributed by atoms with van der Waals surface area (Å²) < 4.78 is 3.63. The van der Waals surface area contributed by atoms with Crippen LogP contribution in [0.1, 0.15) is 31.4 Å². The quantitative estimate of drug-likeness (QED) is 0.439. The summed E-state index contributed by atoms with van der Waals surface area (Å²) >= 11 is 0. The third-order valence-corrected chi connectivity index (χ3v) is 4.89. The van der Waals surface area contributed by atoms with E-state index in [9.17, 15) is 4.79 Å². The molecule has 28 heavy (non-hydrogen) atoms. The standard InChI is InChI=1S/C18H29N9O/c1-5-6-7-19-18(20-11-16-23-22-14(2)25(16)4)26-8-9-27(17(28)13-26)15-10-21-24(3)12-15/h10,12H,5-9,11,13H2,1-4H3,(H,19,20). The lowest BCUT2D eigenvalue weighted by Gasteiger charge is -2.35. The molecule has 0 atom stereocenters. The van der Waals surface area contributed by atoms with Crippen molar-refractivity contribution in [1.29, 1.82) is 0 Å². The van der Waals surface area contributed by atoms with Crippen molar-refractivity contribution in [3.63, 3.8) is 0 Å². The van der Waals surface area contributed by atoms with Crippen molar-refractivity contribution in [1.82, 2.24) is 34.8 Å². The molecule has 0 aromatic carbocycles. The van der Waals surface area contributed by atoms with Gasteiger partial charge in [0, 0.05) is 39.9 Å². The summed E-state index contributed by atoms with van der Waals surface area (Å²) in [6.07, 6.45) is 5.72. The number of nitrogens with one attached hydrogen (secondary N) is 1. The predicted molar refractivity (Wildman–Crippen MR) is 107 cm³/mol. The second-order valence-corrected chi connectivity index (χ2v) is 6.98. The van der Waals surface area contributed by atoms with Crippen molar-refractivity contribution in [2.75, 3.05) is 31.1 Å². The number of carbonyl (C=O) groups is 1. The molecule has 2 aromatic heterocycles. The zero-order chi connectivity index (χ0) is 20.1. The molecule has 0 bridgehead atoms. The number of guanidine groups is 1. The van der Waals surface area contributed by atoms with Crippen LogP contribution in [0.4, 0.5) is 5.69 Å². The van der Waals surface area contributed by atoms with Crippen molar-refractivity contribution in [3.05, 3.63) is 24.0 Å². The zero-order valence-electron chi connectivity index (χ0n) is 17.1. The molecule has 1 amide bonds. The normalized spacial score (nSPS) is 15.4. The first-order chi connectivity index (χ1) is 13.5. The van der Waals surface area contributed by atoms with Gasteiger partial charge in [0.05, 0.1) is 11.9 Å². The number of rotatable bonds is 6.